The summed E-state index contributed by atoms with van der Waals surface area (Å²) in [5, 5.41) is 8.23. The van der Waals surface area contributed by atoms with Gasteiger partial charge in [-0.15, -0.1) is 0 Å². The molecule has 0 atom stereocenters. The molecule has 2 aromatic carbocycles. The van der Waals surface area contributed by atoms with Crippen molar-refractivity contribution in [2.75, 3.05) is 42.9 Å². The molecule has 0 spiro atoms. The monoisotopic (exact) mass is 927 g/mol. The Morgan fingerprint density at radius 3 is 2.20 bits per heavy atom. The van der Waals surface area contributed by atoms with Gasteiger partial charge in [-0.2, -0.15) is 18.3 Å². The van der Waals surface area contributed by atoms with E-state index in [4.69, 9.17) is 14.2 Å². The fourth-order valence-electron chi connectivity index (χ4n) is 5.25. The van der Waals surface area contributed by atoms with Gasteiger partial charge in [0.2, 0.25) is 10.0 Å². The lowest BCUT2D eigenvalue weighted by Gasteiger charge is -2.21. The van der Waals surface area contributed by atoms with Crippen molar-refractivity contribution in [2.24, 2.45) is 0 Å². The molecule has 298 valence electrons. The van der Waals surface area contributed by atoms with Crippen LogP contribution in [0.15, 0.2) is 36.4 Å². The molecular weight excluding hydrogens is 881 g/mol. The van der Waals surface area contributed by atoms with Crippen LogP contribution in [0.5, 0.6) is 5.75 Å². The number of fused-ring (bicyclic) bond motifs is 1. The molecule has 54 heavy (non-hydrogen) atoms. The quantitative estimate of drug-likeness (QED) is 0.0347. The van der Waals surface area contributed by atoms with Crippen LogP contribution >= 0.6 is 22.6 Å². The first kappa shape index (κ1) is 43.9. The minimum absolute atomic E-state index is 0.00606. The smallest absolute Gasteiger partial charge is 0.393 e. The average Bonchev–Trinajstić information content (AvgIpc) is 3.35. The maximum atomic E-state index is 15.6. The lowest BCUT2D eigenvalue weighted by Crippen LogP contribution is -2.26. The van der Waals surface area contributed by atoms with E-state index in [2.05, 4.69) is 54.7 Å². The molecule has 0 saturated carbocycles. The lowest BCUT2D eigenvalue weighted by atomic mass is 9.99. The van der Waals surface area contributed by atoms with Crippen molar-refractivity contribution in [3.63, 3.8) is 0 Å². The van der Waals surface area contributed by atoms with Gasteiger partial charge < -0.3 is 19.5 Å². The summed E-state index contributed by atoms with van der Waals surface area (Å²) in [6.07, 6.45) is -5.05. The summed E-state index contributed by atoms with van der Waals surface area (Å²) >= 11 is 2.01. The summed E-state index contributed by atoms with van der Waals surface area (Å²) in [5.74, 6) is -1.77. The van der Waals surface area contributed by atoms with Crippen LogP contribution in [0.25, 0.3) is 22.2 Å². The molecule has 0 fully saturated rings. The van der Waals surface area contributed by atoms with E-state index in [1.165, 1.54) is 25.2 Å². The highest BCUT2D eigenvalue weighted by atomic mass is 127. The molecular formula is C35H47F5IN5O5SSi2. The van der Waals surface area contributed by atoms with Crippen molar-refractivity contribution in [3.8, 4) is 17.0 Å². The number of alkyl halides is 3. The second-order valence-electron chi connectivity index (χ2n) is 15.5. The van der Waals surface area contributed by atoms with Crippen molar-refractivity contribution >= 4 is 71.2 Å². The molecule has 0 amide bonds. The first-order chi connectivity index (χ1) is 24.9. The van der Waals surface area contributed by atoms with Gasteiger partial charge in [0.25, 0.3) is 0 Å². The molecule has 0 unspecified atom stereocenters. The molecule has 0 bridgehead atoms. The van der Waals surface area contributed by atoms with Crippen molar-refractivity contribution in [2.45, 2.75) is 77.2 Å². The molecule has 0 aliphatic carbocycles. The summed E-state index contributed by atoms with van der Waals surface area (Å²) in [6.45, 7) is 13.5. The predicted octanol–water partition coefficient (Wildman–Crippen LogP) is 9.10. The van der Waals surface area contributed by atoms with Crippen LogP contribution in [-0.4, -0.2) is 78.8 Å². The molecule has 1 N–H and O–H groups in total. The maximum absolute atomic E-state index is 15.6. The molecule has 4 rings (SSSR count). The standard InChI is InChI=1S/C35H47F5IN5O5SSi2/c1-45(52(2,47)48)29-10-9-25(36)15-24(29)20-42-34-32-30(46(44-33(32)41)21-49-11-13-53(3,4)5)18-28(43-34)26-17-27(37)31(16-23(26)19-35(38,39)40)51-22-50-12-14-54(6,7)8/h9-10,15-18H,11-14,19-22H2,1-8H3,(H,42,43). The molecule has 0 saturated heterocycles. The van der Waals surface area contributed by atoms with Crippen LogP contribution in [-0.2, 0) is 39.2 Å². The zero-order valence-corrected chi connectivity index (χ0v) is 36.6. The van der Waals surface area contributed by atoms with Gasteiger partial charge in [0.1, 0.15) is 22.1 Å². The van der Waals surface area contributed by atoms with E-state index >= 15 is 4.39 Å². The van der Waals surface area contributed by atoms with Crippen LogP contribution in [0.3, 0.4) is 0 Å². The number of rotatable bonds is 18. The third kappa shape index (κ3) is 12.6. The van der Waals surface area contributed by atoms with Crippen LogP contribution in [0.1, 0.15) is 11.1 Å². The number of aromatic nitrogens is 3. The van der Waals surface area contributed by atoms with E-state index in [1.54, 1.807) is 4.68 Å². The predicted molar refractivity (Wildman–Crippen MR) is 216 cm³/mol. The Labute approximate surface area is 329 Å². The van der Waals surface area contributed by atoms with Crippen molar-refractivity contribution in [3.05, 3.63) is 62.9 Å². The Morgan fingerprint density at radius 2 is 1.59 bits per heavy atom. The Hall–Kier alpha value is -2.86. The first-order valence-corrected chi connectivity index (χ1v) is 27.5. The highest BCUT2D eigenvalue weighted by Gasteiger charge is 2.31. The van der Waals surface area contributed by atoms with Gasteiger partial charge in [-0.05, 0) is 82.2 Å². The molecule has 0 aliphatic rings. The Balaban J connectivity index is 1.82. The highest BCUT2D eigenvalue weighted by Crippen LogP contribution is 2.38. The maximum Gasteiger partial charge on any atom is 0.393 e. The average molecular weight is 928 g/mol. The van der Waals surface area contributed by atoms with Gasteiger partial charge in [-0.3, -0.25) is 4.31 Å². The van der Waals surface area contributed by atoms with Gasteiger partial charge in [0.05, 0.1) is 35.0 Å². The fraction of sp³-hybridized carbons (Fsp3) is 0.486. The third-order valence-electron chi connectivity index (χ3n) is 8.34. The molecule has 2 aromatic heterocycles. The number of ether oxygens (including phenoxy) is 3. The number of anilines is 2. The minimum Gasteiger partial charge on any atom is -0.464 e. The van der Waals surface area contributed by atoms with Crippen molar-refractivity contribution in [1.29, 1.82) is 0 Å². The minimum atomic E-state index is -4.66. The Bertz CT molecular complexity index is 2060. The summed E-state index contributed by atoms with van der Waals surface area (Å²) < 4.78 is 117. The van der Waals surface area contributed by atoms with Gasteiger partial charge in [0, 0.05) is 48.5 Å². The summed E-state index contributed by atoms with van der Waals surface area (Å²) in [6, 6.07) is 8.86. The number of nitrogens with zero attached hydrogens (tertiary/aromatic N) is 4. The second kappa shape index (κ2) is 17.5. The fourth-order valence-corrected chi connectivity index (χ4v) is 8.09. The van der Waals surface area contributed by atoms with E-state index in [0.29, 0.717) is 27.8 Å². The lowest BCUT2D eigenvalue weighted by molar-refractivity contribution is -0.127. The first-order valence-electron chi connectivity index (χ1n) is 17.1. The number of hydrogen-bond donors (Lipinski definition) is 1. The molecule has 2 heterocycles. The number of sulfonamides is 1. The number of halogens is 6. The number of hydrogen-bond acceptors (Lipinski definition) is 8. The van der Waals surface area contributed by atoms with Gasteiger partial charge in [-0.25, -0.2) is 26.9 Å². The van der Waals surface area contributed by atoms with E-state index in [9.17, 15) is 26.0 Å². The normalized spacial score (nSPS) is 12.8. The van der Waals surface area contributed by atoms with Gasteiger partial charge in [0.15, 0.2) is 18.4 Å². The van der Waals surface area contributed by atoms with E-state index < -0.39 is 56.2 Å². The zero-order chi connectivity index (χ0) is 40.2. The van der Waals surface area contributed by atoms with E-state index in [-0.39, 0.29) is 54.0 Å². The Kier molecular flexibility index (Phi) is 14.2. The van der Waals surface area contributed by atoms with Crippen LogP contribution in [0.2, 0.25) is 51.4 Å². The molecule has 19 heteroatoms. The van der Waals surface area contributed by atoms with Crippen molar-refractivity contribution in [1.82, 2.24) is 14.8 Å². The SMILES string of the molecule is CN(c1ccc(F)cc1CNc1nc(-c2cc(F)c(OCOCC[Si](C)(C)C)cc2CC(F)(F)F)cc2c1c(I)nn2COCC[Si](C)(C)C)S(C)(=O)=O. The Morgan fingerprint density at radius 1 is 0.944 bits per heavy atom. The topological polar surface area (TPSA) is 108 Å². The number of nitrogens with one attached hydrogen (secondary N) is 1. The van der Waals surface area contributed by atoms with E-state index in [1.807, 2.05) is 22.6 Å². The molecule has 0 radical (unpaired) electrons. The molecule has 4 aromatic rings. The second-order valence-corrected chi connectivity index (χ2v) is 29.7. The summed E-state index contributed by atoms with van der Waals surface area (Å²) in [5.41, 5.74) is 0.475. The van der Waals surface area contributed by atoms with Gasteiger partial charge >= 0.3 is 6.18 Å². The largest absolute Gasteiger partial charge is 0.464 e. The zero-order valence-electron chi connectivity index (χ0n) is 31.6. The molecule has 0 aliphatic heterocycles. The van der Waals surface area contributed by atoms with E-state index in [0.717, 1.165) is 40.8 Å². The van der Waals surface area contributed by atoms with Crippen LogP contribution in [0, 0.1) is 15.3 Å². The highest BCUT2D eigenvalue weighted by molar-refractivity contribution is 14.1. The number of pyridine rings is 1. The van der Waals surface area contributed by atoms with Crippen LogP contribution in [0.4, 0.5) is 33.5 Å². The summed E-state index contributed by atoms with van der Waals surface area (Å²) in [7, 11) is -5.22. The summed E-state index contributed by atoms with van der Waals surface area (Å²) in [4.78, 5) is 4.68. The number of benzene rings is 2. The third-order valence-corrected chi connectivity index (χ3v) is 13.7. The van der Waals surface area contributed by atoms with Gasteiger partial charge in [-0.1, -0.05) is 39.3 Å². The van der Waals surface area contributed by atoms with Crippen molar-refractivity contribution < 1.29 is 44.6 Å². The molecule has 10 nitrogen and oxygen atoms in total. The van der Waals surface area contributed by atoms with Crippen LogP contribution < -0.4 is 14.4 Å².